The Bertz CT molecular complexity index is 1560. The van der Waals surface area contributed by atoms with Crippen molar-refractivity contribution in [2.45, 2.75) is 19.8 Å². The van der Waals surface area contributed by atoms with Crippen molar-refractivity contribution >= 4 is 10.9 Å². The van der Waals surface area contributed by atoms with Crippen molar-refractivity contribution in [2.75, 3.05) is 6.61 Å². The van der Waals surface area contributed by atoms with Crippen LogP contribution in [0.4, 0.5) is 13.2 Å². The van der Waals surface area contributed by atoms with Crippen LogP contribution in [0.3, 0.4) is 0 Å². The number of hydrogen-bond acceptors (Lipinski definition) is 7. The van der Waals surface area contributed by atoms with E-state index in [0.29, 0.717) is 27.8 Å². The Morgan fingerprint density at radius 3 is 2.44 bits per heavy atom. The van der Waals surface area contributed by atoms with Crippen molar-refractivity contribution < 1.29 is 22.6 Å². The minimum Gasteiger partial charge on any atom is -0.464 e. The molecule has 184 valence electrons. The van der Waals surface area contributed by atoms with E-state index in [1.54, 1.807) is 48.4 Å². The molecule has 5 rings (SSSR count). The minimum absolute atomic E-state index is 0.0249. The minimum atomic E-state index is -4.79. The molecule has 0 amide bonds. The van der Waals surface area contributed by atoms with Crippen LogP contribution in [0.5, 0.6) is 11.8 Å². The zero-order valence-electron chi connectivity index (χ0n) is 18.8. The van der Waals surface area contributed by atoms with Crippen LogP contribution in [0.2, 0.25) is 0 Å². The highest BCUT2D eigenvalue weighted by atomic mass is 19.4. The molecule has 3 heterocycles. The first-order valence-electron chi connectivity index (χ1n) is 10.7. The lowest BCUT2D eigenvalue weighted by molar-refractivity contribution is -0.274. The first-order chi connectivity index (χ1) is 17.3. The second kappa shape index (κ2) is 9.17. The van der Waals surface area contributed by atoms with E-state index in [1.165, 1.54) is 39.8 Å². The van der Waals surface area contributed by atoms with Crippen molar-refractivity contribution in [1.82, 2.24) is 34.1 Å². The van der Waals surface area contributed by atoms with Crippen LogP contribution >= 0.6 is 0 Å². The fourth-order valence-electron chi connectivity index (χ4n) is 3.64. The molecule has 2 aromatic carbocycles. The van der Waals surface area contributed by atoms with Gasteiger partial charge in [0, 0.05) is 11.6 Å². The number of aromatic nitrogens is 7. The Labute approximate surface area is 201 Å². The summed E-state index contributed by atoms with van der Waals surface area (Å²) < 4.78 is 50.9. The molecule has 3 aromatic heterocycles. The van der Waals surface area contributed by atoms with Crippen molar-refractivity contribution in [2.24, 2.45) is 0 Å². The number of alkyl halides is 3. The van der Waals surface area contributed by atoms with Gasteiger partial charge in [-0.25, -0.2) is 24.0 Å². The molecule has 0 unspecified atom stereocenters. The highest BCUT2D eigenvalue weighted by Gasteiger charge is 2.31. The van der Waals surface area contributed by atoms with E-state index < -0.39 is 12.1 Å². The average Bonchev–Trinajstić information content (AvgIpc) is 3.42. The van der Waals surface area contributed by atoms with E-state index in [9.17, 15) is 18.0 Å². The summed E-state index contributed by atoms with van der Waals surface area (Å²) in [6.07, 6.45) is 1.59. The van der Waals surface area contributed by atoms with E-state index in [2.05, 4.69) is 24.9 Å². The molecule has 0 radical (unpaired) electrons. The summed E-state index contributed by atoms with van der Waals surface area (Å²) in [4.78, 5) is 21.4. The first kappa shape index (κ1) is 23.1. The lowest BCUT2D eigenvalue weighted by Crippen LogP contribution is -2.24. The van der Waals surface area contributed by atoms with E-state index >= 15 is 0 Å². The molecule has 13 heteroatoms. The summed E-state index contributed by atoms with van der Waals surface area (Å²) in [5.41, 5.74) is 1.82. The highest BCUT2D eigenvalue weighted by Crippen LogP contribution is 2.24. The Morgan fingerprint density at radius 1 is 1.00 bits per heavy atom. The van der Waals surface area contributed by atoms with E-state index in [0.717, 1.165) is 0 Å². The molecule has 10 nitrogen and oxygen atoms in total. The van der Waals surface area contributed by atoms with E-state index in [-0.39, 0.29) is 24.9 Å². The zero-order chi connectivity index (χ0) is 25.3. The van der Waals surface area contributed by atoms with Crippen LogP contribution in [0, 0.1) is 0 Å². The lowest BCUT2D eigenvalue weighted by atomic mass is 10.2. The fourth-order valence-corrected chi connectivity index (χ4v) is 3.64. The monoisotopic (exact) mass is 497 g/mol. The van der Waals surface area contributed by atoms with Crippen LogP contribution in [0.15, 0.2) is 72.2 Å². The van der Waals surface area contributed by atoms with Gasteiger partial charge in [0.25, 0.3) is 0 Å². The van der Waals surface area contributed by atoms with Gasteiger partial charge in [0.05, 0.1) is 36.7 Å². The van der Waals surface area contributed by atoms with Gasteiger partial charge in [-0.3, -0.25) is 0 Å². The van der Waals surface area contributed by atoms with Crippen LogP contribution in [-0.4, -0.2) is 47.1 Å². The summed E-state index contributed by atoms with van der Waals surface area (Å²) in [5, 5.41) is 9.56. The molecule has 0 saturated carbocycles. The predicted octanol–water partition coefficient (Wildman–Crippen LogP) is 3.51. The van der Waals surface area contributed by atoms with Gasteiger partial charge in [-0.05, 0) is 36.8 Å². The number of hydrogen-bond donors (Lipinski definition) is 0. The summed E-state index contributed by atoms with van der Waals surface area (Å²) >= 11 is 0. The maximum atomic E-state index is 13.4. The maximum Gasteiger partial charge on any atom is 0.573 e. The molecule has 0 aliphatic carbocycles. The molecule has 0 aliphatic rings. The van der Waals surface area contributed by atoms with Crippen LogP contribution < -0.4 is 15.2 Å². The van der Waals surface area contributed by atoms with Gasteiger partial charge < -0.3 is 9.47 Å². The van der Waals surface area contributed by atoms with Crippen LogP contribution in [-0.2, 0) is 6.54 Å². The normalized spacial score (nSPS) is 11.7. The predicted molar refractivity (Wildman–Crippen MR) is 121 cm³/mol. The van der Waals surface area contributed by atoms with Crippen molar-refractivity contribution in [3.63, 3.8) is 0 Å². The number of halogens is 3. The van der Waals surface area contributed by atoms with Crippen LogP contribution in [0.25, 0.3) is 22.3 Å². The topological polar surface area (TPSA) is 102 Å². The highest BCUT2D eigenvalue weighted by molar-refractivity contribution is 5.87. The second-order valence-electron chi connectivity index (χ2n) is 7.57. The Kier molecular flexibility index (Phi) is 5.88. The number of nitrogens with zero attached hydrogens (tertiary/aromatic N) is 7. The van der Waals surface area contributed by atoms with Crippen molar-refractivity contribution in [3.05, 3.63) is 83.4 Å². The molecular formula is C23H18F3N7O3. The largest absolute Gasteiger partial charge is 0.573 e. The average molecular weight is 497 g/mol. The van der Waals surface area contributed by atoms with Gasteiger partial charge in [0.15, 0.2) is 0 Å². The molecule has 0 saturated heterocycles. The van der Waals surface area contributed by atoms with Crippen LogP contribution in [0.1, 0.15) is 12.5 Å². The molecule has 0 spiro atoms. The van der Waals surface area contributed by atoms with Gasteiger partial charge in [-0.2, -0.15) is 9.78 Å². The van der Waals surface area contributed by atoms with Gasteiger partial charge in [-0.15, -0.1) is 18.3 Å². The standard InChI is InChI=1S/C23H18F3N7O3/c1-2-35-21-30-33(22(34)31(21)12-15-6-8-17(9-7-15)36-23(24,25)26)20-5-3-4-19-18(20)13-32(29-19)16-10-27-14-28-11-16/h3-11,13-14H,2,12H2,1H3. The molecule has 36 heavy (non-hydrogen) atoms. The zero-order valence-corrected chi connectivity index (χ0v) is 18.8. The summed E-state index contributed by atoms with van der Waals surface area (Å²) in [6.45, 7) is 2.03. The smallest absolute Gasteiger partial charge is 0.464 e. The van der Waals surface area contributed by atoms with Gasteiger partial charge in [0.1, 0.15) is 17.8 Å². The number of fused-ring (bicyclic) bond motifs is 1. The molecule has 0 aliphatic heterocycles. The van der Waals surface area contributed by atoms with Crippen molar-refractivity contribution in [3.8, 4) is 23.1 Å². The number of benzene rings is 2. The van der Waals surface area contributed by atoms with E-state index in [4.69, 9.17) is 4.74 Å². The number of rotatable bonds is 7. The first-order valence-corrected chi connectivity index (χ1v) is 10.7. The fraction of sp³-hybridized carbons (Fsp3) is 0.174. The van der Waals surface area contributed by atoms with Gasteiger partial charge >= 0.3 is 18.1 Å². The summed E-state index contributed by atoms with van der Waals surface area (Å²) in [6, 6.07) is 10.6. The molecule has 5 aromatic rings. The third-order valence-electron chi connectivity index (χ3n) is 5.17. The Morgan fingerprint density at radius 2 is 1.75 bits per heavy atom. The quantitative estimate of drug-likeness (QED) is 0.339. The third kappa shape index (κ3) is 4.62. The molecule has 0 bridgehead atoms. The molecular weight excluding hydrogens is 479 g/mol. The Balaban J connectivity index is 1.53. The summed E-state index contributed by atoms with van der Waals surface area (Å²) in [7, 11) is 0. The number of ether oxygens (including phenoxy) is 2. The Hall–Kier alpha value is -4.68. The van der Waals surface area contributed by atoms with E-state index in [1.807, 2.05) is 0 Å². The summed E-state index contributed by atoms with van der Waals surface area (Å²) in [5.74, 6) is -0.355. The van der Waals surface area contributed by atoms with Crippen molar-refractivity contribution in [1.29, 1.82) is 0 Å². The molecule has 0 N–H and O–H groups in total. The second-order valence-corrected chi connectivity index (χ2v) is 7.57. The maximum absolute atomic E-state index is 13.4. The lowest BCUT2D eigenvalue weighted by Gasteiger charge is -2.10. The third-order valence-corrected chi connectivity index (χ3v) is 5.17. The molecule has 0 fully saturated rings. The SMILES string of the molecule is CCOc1nn(-c2cccc3nn(-c4cncnc4)cc23)c(=O)n1Cc1ccc(OC(F)(F)F)cc1. The molecule has 0 atom stereocenters. The van der Waals surface area contributed by atoms with Gasteiger partial charge in [-0.1, -0.05) is 18.2 Å². The van der Waals surface area contributed by atoms with Gasteiger partial charge in [0.2, 0.25) is 0 Å².